The summed E-state index contributed by atoms with van der Waals surface area (Å²) < 4.78 is 0. The largest absolute Gasteiger partial charge is 0.228 e. The standard InChI is InChI=1S/C53H35N5/c1-5-16-40(17-6-1)47-35-48(55-50(54-47)42-18-7-2-8-19-42)41-31-27-37(28-32-41)36-25-29-39(30-26-36)46-34-33-38-15-13-14-24-45(38)49(46)53-57-51(43-20-9-3-10-21-43)56-52(58-53)44-22-11-4-12-23-44/h1-35H. The fourth-order valence-corrected chi connectivity index (χ4v) is 7.42. The van der Waals surface area contributed by atoms with Gasteiger partial charge in [0, 0.05) is 33.4 Å². The van der Waals surface area contributed by atoms with Gasteiger partial charge in [0.2, 0.25) is 0 Å². The lowest BCUT2D eigenvalue weighted by Gasteiger charge is -2.15. The first-order valence-electron chi connectivity index (χ1n) is 19.3. The van der Waals surface area contributed by atoms with E-state index in [9.17, 15) is 0 Å². The maximum Gasteiger partial charge on any atom is 0.165 e. The van der Waals surface area contributed by atoms with Crippen molar-refractivity contribution in [3.05, 3.63) is 212 Å². The highest BCUT2D eigenvalue weighted by Crippen LogP contribution is 2.39. The minimum atomic E-state index is 0.634. The fourth-order valence-electron chi connectivity index (χ4n) is 7.42. The normalized spacial score (nSPS) is 11.1. The Kier molecular flexibility index (Phi) is 9.14. The van der Waals surface area contributed by atoms with Crippen molar-refractivity contribution in [2.45, 2.75) is 0 Å². The van der Waals surface area contributed by atoms with Gasteiger partial charge in [-0.1, -0.05) is 206 Å². The van der Waals surface area contributed by atoms with Crippen molar-refractivity contribution in [3.63, 3.8) is 0 Å². The van der Waals surface area contributed by atoms with Crippen molar-refractivity contribution in [3.8, 4) is 90.3 Å². The van der Waals surface area contributed by atoms with Gasteiger partial charge in [-0.15, -0.1) is 0 Å². The van der Waals surface area contributed by atoms with E-state index in [-0.39, 0.29) is 0 Å². The van der Waals surface area contributed by atoms with Crippen LogP contribution in [-0.4, -0.2) is 24.9 Å². The van der Waals surface area contributed by atoms with E-state index in [2.05, 4.69) is 115 Å². The second-order valence-corrected chi connectivity index (χ2v) is 14.1. The summed E-state index contributed by atoms with van der Waals surface area (Å²) in [5.41, 5.74) is 12.0. The molecule has 10 aromatic rings. The first kappa shape index (κ1) is 34.6. The molecule has 0 unspecified atom stereocenters. The number of benzene rings is 8. The van der Waals surface area contributed by atoms with Gasteiger partial charge >= 0.3 is 0 Å². The predicted molar refractivity (Wildman–Crippen MR) is 236 cm³/mol. The van der Waals surface area contributed by atoms with Gasteiger partial charge in [0.25, 0.3) is 0 Å². The maximum absolute atomic E-state index is 5.15. The van der Waals surface area contributed by atoms with E-state index in [0.29, 0.717) is 23.3 Å². The third kappa shape index (κ3) is 6.93. The molecule has 0 radical (unpaired) electrons. The lowest BCUT2D eigenvalue weighted by Crippen LogP contribution is -2.01. The second-order valence-electron chi connectivity index (χ2n) is 14.1. The van der Waals surface area contributed by atoms with Crippen LogP contribution in [0, 0.1) is 0 Å². The van der Waals surface area contributed by atoms with Crippen molar-refractivity contribution >= 4 is 10.8 Å². The summed E-state index contributed by atoms with van der Waals surface area (Å²) in [6.45, 7) is 0. The van der Waals surface area contributed by atoms with Crippen LogP contribution in [0.2, 0.25) is 0 Å². The van der Waals surface area contributed by atoms with Crippen LogP contribution in [0.25, 0.3) is 101 Å². The molecular formula is C53H35N5. The van der Waals surface area contributed by atoms with Gasteiger partial charge < -0.3 is 0 Å². The smallest absolute Gasteiger partial charge is 0.165 e. The Morgan fingerprint density at radius 1 is 0.241 bits per heavy atom. The van der Waals surface area contributed by atoms with Gasteiger partial charge in [-0.25, -0.2) is 24.9 Å². The van der Waals surface area contributed by atoms with Gasteiger partial charge in [0.05, 0.1) is 11.4 Å². The predicted octanol–water partition coefficient (Wildman–Crippen LogP) is 13.2. The number of hydrogen-bond acceptors (Lipinski definition) is 5. The molecular weight excluding hydrogens is 707 g/mol. The van der Waals surface area contributed by atoms with Crippen molar-refractivity contribution in [2.24, 2.45) is 0 Å². The van der Waals surface area contributed by atoms with Crippen LogP contribution in [0.1, 0.15) is 0 Å². The Balaban J connectivity index is 1.03. The summed E-state index contributed by atoms with van der Waals surface area (Å²) in [4.78, 5) is 25.2. The zero-order chi connectivity index (χ0) is 38.7. The molecule has 5 nitrogen and oxygen atoms in total. The minimum Gasteiger partial charge on any atom is -0.228 e. The Bertz CT molecular complexity index is 2890. The van der Waals surface area contributed by atoms with E-state index in [1.54, 1.807) is 0 Å². The Labute approximate surface area is 337 Å². The SMILES string of the molecule is c1ccc(-c2cc(-c3ccc(-c4ccc(-c5ccc6ccccc6c5-c5nc(-c6ccccc6)nc(-c6ccccc6)n5)cc4)cc3)nc(-c3ccccc3)n2)cc1. The van der Waals surface area contributed by atoms with Crippen molar-refractivity contribution < 1.29 is 0 Å². The summed E-state index contributed by atoms with van der Waals surface area (Å²) >= 11 is 0. The van der Waals surface area contributed by atoms with Crippen molar-refractivity contribution in [1.29, 1.82) is 0 Å². The van der Waals surface area contributed by atoms with Crippen LogP contribution in [0.4, 0.5) is 0 Å². The molecule has 0 N–H and O–H groups in total. The van der Waals surface area contributed by atoms with Gasteiger partial charge in [-0.05, 0) is 39.1 Å². The highest BCUT2D eigenvalue weighted by atomic mass is 15.0. The molecule has 0 saturated carbocycles. The summed E-state index contributed by atoms with van der Waals surface area (Å²) in [6, 6.07) is 72.9. The van der Waals surface area contributed by atoms with Crippen LogP contribution >= 0.6 is 0 Å². The topological polar surface area (TPSA) is 64.5 Å². The fraction of sp³-hybridized carbons (Fsp3) is 0. The quantitative estimate of drug-likeness (QED) is 0.155. The molecule has 2 heterocycles. The average Bonchev–Trinajstić information content (AvgIpc) is 3.32. The van der Waals surface area contributed by atoms with Gasteiger partial charge in [-0.3, -0.25) is 0 Å². The number of rotatable bonds is 8. The molecule has 0 aliphatic carbocycles. The summed E-state index contributed by atoms with van der Waals surface area (Å²) in [6.07, 6.45) is 0. The van der Waals surface area contributed by atoms with E-state index in [4.69, 9.17) is 24.9 Å². The third-order valence-electron chi connectivity index (χ3n) is 10.4. The molecule has 0 bridgehead atoms. The van der Waals surface area contributed by atoms with E-state index in [1.807, 2.05) is 97.1 Å². The van der Waals surface area contributed by atoms with E-state index in [1.165, 1.54) is 0 Å². The summed E-state index contributed by atoms with van der Waals surface area (Å²) in [5, 5.41) is 2.20. The van der Waals surface area contributed by atoms with Crippen LogP contribution in [0.3, 0.4) is 0 Å². The highest BCUT2D eigenvalue weighted by Gasteiger charge is 2.19. The Morgan fingerprint density at radius 2 is 0.621 bits per heavy atom. The Hall–Kier alpha value is -7.89. The second kappa shape index (κ2) is 15.3. The van der Waals surface area contributed by atoms with Gasteiger partial charge in [0.1, 0.15) is 0 Å². The van der Waals surface area contributed by atoms with E-state index < -0.39 is 0 Å². The zero-order valence-electron chi connectivity index (χ0n) is 31.4. The highest BCUT2D eigenvalue weighted by molar-refractivity contribution is 6.03. The van der Waals surface area contributed by atoms with Crippen LogP contribution in [0.5, 0.6) is 0 Å². The monoisotopic (exact) mass is 741 g/mol. The van der Waals surface area contributed by atoms with Gasteiger partial charge in [0.15, 0.2) is 23.3 Å². The van der Waals surface area contributed by atoms with Crippen LogP contribution in [-0.2, 0) is 0 Å². The number of hydrogen-bond donors (Lipinski definition) is 0. The van der Waals surface area contributed by atoms with Crippen LogP contribution < -0.4 is 0 Å². The molecule has 8 aromatic carbocycles. The zero-order valence-corrected chi connectivity index (χ0v) is 31.4. The van der Waals surface area contributed by atoms with Crippen molar-refractivity contribution in [1.82, 2.24) is 24.9 Å². The molecule has 0 aliphatic rings. The molecule has 272 valence electrons. The summed E-state index contributed by atoms with van der Waals surface area (Å²) in [7, 11) is 0. The number of fused-ring (bicyclic) bond motifs is 1. The van der Waals surface area contributed by atoms with E-state index in [0.717, 1.165) is 77.8 Å². The molecule has 0 saturated heterocycles. The van der Waals surface area contributed by atoms with Gasteiger partial charge in [-0.2, -0.15) is 0 Å². The Morgan fingerprint density at radius 3 is 1.14 bits per heavy atom. The lowest BCUT2D eigenvalue weighted by molar-refractivity contribution is 1.08. The molecule has 0 fully saturated rings. The number of nitrogens with zero attached hydrogens (tertiary/aromatic N) is 5. The number of aromatic nitrogens is 5. The first-order chi connectivity index (χ1) is 28.7. The van der Waals surface area contributed by atoms with E-state index >= 15 is 0 Å². The van der Waals surface area contributed by atoms with Crippen LogP contribution in [0.15, 0.2) is 212 Å². The van der Waals surface area contributed by atoms with Crippen molar-refractivity contribution in [2.75, 3.05) is 0 Å². The molecule has 0 amide bonds. The molecule has 0 spiro atoms. The third-order valence-corrected chi connectivity index (χ3v) is 10.4. The summed E-state index contributed by atoms with van der Waals surface area (Å²) in [5.74, 6) is 2.61. The lowest BCUT2D eigenvalue weighted by atomic mass is 9.92. The molecule has 0 aliphatic heterocycles. The minimum absolute atomic E-state index is 0.634. The molecule has 2 aromatic heterocycles. The average molecular weight is 742 g/mol. The maximum atomic E-state index is 5.15. The molecule has 58 heavy (non-hydrogen) atoms. The molecule has 5 heteroatoms. The first-order valence-corrected chi connectivity index (χ1v) is 19.3. The molecule has 0 atom stereocenters. The molecule has 10 rings (SSSR count).